The van der Waals surface area contributed by atoms with Gasteiger partial charge < -0.3 is 10.6 Å². The minimum absolute atomic E-state index is 0.101. The number of rotatable bonds is 3. The van der Waals surface area contributed by atoms with Crippen molar-refractivity contribution in [2.24, 2.45) is 0 Å². The van der Waals surface area contributed by atoms with Crippen LogP contribution in [-0.2, 0) is 11.2 Å². The molecule has 1 amide bonds. The van der Waals surface area contributed by atoms with Gasteiger partial charge in [-0.25, -0.2) is 0 Å². The molecule has 0 unspecified atom stereocenters. The van der Waals surface area contributed by atoms with E-state index >= 15 is 0 Å². The Bertz CT molecular complexity index is 613. The Kier molecular flexibility index (Phi) is 3.39. The standard InChI is InChI=1S/C12H12N4OS2/c13-11-14-15-12(19-11)18-7-10(17)16-6-5-8-3-1-2-4-9(8)16/h1-4H,5-7H2,(H2,13,14). The molecule has 5 nitrogen and oxygen atoms in total. The Balaban J connectivity index is 1.66. The molecule has 1 aromatic carbocycles. The van der Waals surface area contributed by atoms with Crippen molar-refractivity contribution in [3.05, 3.63) is 29.8 Å². The van der Waals surface area contributed by atoms with Crippen LogP contribution in [0.3, 0.4) is 0 Å². The van der Waals surface area contributed by atoms with Crippen molar-refractivity contribution in [3.8, 4) is 0 Å². The number of aromatic nitrogens is 2. The zero-order valence-corrected chi connectivity index (χ0v) is 11.7. The first-order valence-electron chi connectivity index (χ1n) is 5.84. The van der Waals surface area contributed by atoms with E-state index in [-0.39, 0.29) is 5.91 Å². The maximum absolute atomic E-state index is 12.2. The molecule has 1 aliphatic rings. The lowest BCUT2D eigenvalue weighted by Gasteiger charge is -2.16. The third-order valence-electron chi connectivity index (χ3n) is 2.93. The molecule has 19 heavy (non-hydrogen) atoms. The lowest BCUT2D eigenvalue weighted by atomic mass is 10.2. The minimum Gasteiger partial charge on any atom is -0.374 e. The molecule has 0 radical (unpaired) electrons. The second kappa shape index (κ2) is 5.18. The van der Waals surface area contributed by atoms with Crippen molar-refractivity contribution in [1.29, 1.82) is 0 Å². The number of fused-ring (bicyclic) bond motifs is 1. The van der Waals surface area contributed by atoms with E-state index in [0.717, 1.165) is 23.0 Å². The molecule has 0 fully saturated rings. The van der Waals surface area contributed by atoms with E-state index in [0.29, 0.717) is 10.9 Å². The van der Waals surface area contributed by atoms with Gasteiger partial charge >= 0.3 is 0 Å². The fraction of sp³-hybridized carbons (Fsp3) is 0.250. The van der Waals surface area contributed by atoms with Crippen LogP contribution in [0.1, 0.15) is 5.56 Å². The summed E-state index contributed by atoms with van der Waals surface area (Å²) in [6.45, 7) is 0.761. The van der Waals surface area contributed by atoms with Crippen LogP contribution in [0.15, 0.2) is 28.6 Å². The number of hydrogen-bond acceptors (Lipinski definition) is 6. The third kappa shape index (κ3) is 2.57. The van der Waals surface area contributed by atoms with E-state index in [1.54, 1.807) is 0 Å². The van der Waals surface area contributed by atoms with Crippen LogP contribution in [0.25, 0.3) is 0 Å². The van der Waals surface area contributed by atoms with Crippen molar-refractivity contribution in [3.63, 3.8) is 0 Å². The quantitative estimate of drug-likeness (QED) is 0.873. The van der Waals surface area contributed by atoms with Crippen LogP contribution in [0.5, 0.6) is 0 Å². The Morgan fingerprint density at radius 1 is 1.42 bits per heavy atom. The molecular weight excluding hydrogens is 280 g/mol. The molecule has 7 heteroatoms. The van der Waals surface area contributed by atoms with E-state index in [1.807, 2.05) is 23.1 Å². The van der Waals surface area contributed by atoms with Gasteiger partial charge in [0.15, 0.2) is 4.34 Å². The summed E-state index contributed by atoms with van der Waals surface area (Å²) in [6.07, 6.45) is 0.929. The number of hydrogen-bond donors (Lipinski definition) is 1. The highest BCUT2D eigenvalue weighted by Gasteiger charge is 2.24. The third-order valence-corrected chi connectivity index (χ3v) is 4.80. The lowest BCUT2D eigenvalue weighted by molar-refractivity contribution is -0.116. The van der Waals surface area contributed by atoms with E-state index in [1.165, 1.54) is 28.7 Å². The van der Waals surface area contributed by atoms with E-state index in [2.05, 4.69) is 16.3 Å². The number of amides is 1. The Morgan fingerprint density at radius 3 is 3.05 bits per heavy atom. The Hall–Kier alpha value is -1.60. The summed E-state index contributed by atoms with van der Waals surface area (Å²) in [5, 5.41) is 8.05. The number of thioether (sulfide) groups is 1. The number of para-hydroxylation sites is 1. The topological polar surface area (TPSA) is 72.1 Å². The summed E-state index contributed by atoms with van der Waals surface area (Å²) in [6, 6.07) is 8.03. The normalized spacial score (nSPS) is 13.6. The van der Waals surface area contributed by atoms with Crippen LogP contribution in [-0.4, -0.2) is 28.4 Å². The van der Waals surface area contributed by atoms with Crippen LogP contribution in [0.2, 0.25) is 0 Å². The highest BCUT2D eigenvalue weighted by molar-refractivity contribution is 8.01. The molecule has 0 atom stereocenters. The van der Waals surface area contributed by atoms with E-state index in [9.17, 15) is 4.79 Å². The van der Waals surface area contributed by atoms with Crippen LogP contribution >= 0.6 is 23.1 Å². The SMILES string of the molecule is Nc1nnc(SCC(=O)N2CCc3ccccc32)s1. The molecule has 2 heterocycles. The predicted octanol–water partition coefficient (Wildman–Crippen LogP) is 1.80. The summed E-state index contributed by atoms with van der Waals surface area (Å²) < 4.78 is 0.735. The number of benzene rings is 1. The first kappa shape index (κ1) is 12.4. The highest BCUT2D eigenvalue weighted by atomic mass is 32.2. The molecule has 0 spiro atoms. The molecule has 98 valence electrons. The van der Waals surface area contributed by atoms with Gasteiger partial charge in [0, 0.05) is 12.2 Å². The molecular formula is C12H12N4OS2. The maximum atomic E-state index is 12.2. The van der Waals surface area contributed by atoms with E-state index in [4.69, 9.17) is 5.73 Å². The summed E-state index contributed by atoms with van der Waals surface area (Å²) >= 11 is 2.69. The molecule has 0 saturated heterocycles. The van der Waals surface area contributed by atoms with Crippen LogP contribution in [0.4, 0.5) is 10.8 Å². The second-order valence-electron chi connectivity index (χ2n) is 4.12. The molecule has 1 aliphatic heterocycles. The number of nitrogen functional groups attached to an aromatic ring is 1. The van der Waals surface area contributed by atoms with Gasteiger partial charge in [0.05, 0.1) is 5.75 Å². The summed E-state index contributed by atoms with van der Waals surface area (Å²) in [5.41, 5.74) is 7.78. The monoisotopic (exact) mass is 292 g/mol. The van der Waals surface area contributed by atoms with Gasteiger partial charge in [-0.2, -0.15) is 0 Å². The molecule has 0 saturated carbocycles. The summed E-state index contributed by atoms with van der Waals surface area (Å²) in [7, 11) is 0. The molecule has 0 aliphatic carbocycles. The summed E-state index contributed by atoms with van der Waals surface area (Å²) in [4.78, 5) is 14.1. The molecule has 0 bridgehead atoms. The van der Waals surface area contributed by atoms with Gasteiger partial charge in [-0.3, -0.25) is 4.79 Å². The number of nitrogens with two attached hydrogens (primary N) is 1. The number of carbonyl (C=O) groups is 1. The molecule has 2 aromatic rings. The Labute approximate surface area is 118 Å². The first-order valence-corrected chi connectivity index (χ1v) is 7.64. The maximum Gasteiger partial charge on any atom is 0.237 e. The lowest BCUT2D eigenvalue weighted by Crippen LogP contribution is -2.30. The van der Waals surface area contributed by atoms with Gasteiger partial charge in [0.1, 0.15) is 0 Å². The zero-order chi connectivity index (χ0) is 13.2. The van der Waals surface area contributed by atoms with Gasteiger partial charge in [-0.15, -0.1) is 10.2 Å². The zero-order valence-electron chi connectivity index (χ0n) is 10.1. The average Bonchev–Trinajstić information content (AvgIpc) is 3.02. The smallest absolute Gasteiger partial charge is 0.237 e. The Morgan fingerprint density at radius 2 is 2.26 bits per heavy atom. The number of carbonyl (C=O) groups excluding carboxylic acids is 1. The largest absolute Gasteiger partial charge is 0.374 e. The first-order chi connectivity index (χ1) is 9.24. The van der Waals surface area contributed by atoms with Gasteiger partial charge in [-0.05, 0) is 18.1 Å². The van der Waals surface area contributed by atoms with Crippen molar-refractivity contribution in [2.45, 2.75) is 10.8 Å². The fourth-order valence-corrected chi connectivity index (χ4v) is 3.59. The fourth-order valence-electron chi connectivity index (χ4n) is 2.08. The van der Waals surface area contributed by atoms with Gasteiger partial charge in [-0.1, -0.05) is 41.3 Å². The molecule has 1 aromatic heterocycles. The highest BCUT2D eigenvalue weighted by Crippen LogP contribution is 2.29. The second-order valence-corrected chi connectivity index (χ2v) is 6.35. The predicted molar refractivity (Wildman–Crippen MR) is 77.5 cm³/mol. The van der Waals surface area contributed by atoms with Crippen molar-refractivity contribution in [2.75, 3.05) is 22.9 Å². The molecule has 2 N–H and O–H groups in total. The van der Waals surface area contributed by atoms with Crippen LogP contribution in [0, 0.1) is 0 Å². The minimum atomic E-state index is 0.101. The van der Waals surface area contributed by atoms with Crippen LogP contribution < -0.4 is 10.6 Å². The van der Waals surface area contributed by atoms with Crippen molar-refractivity contribution < 1.29 is 4.79 Å². The molecule has 3 rings (SSSR count). The number of anilines is 2. The van der Waals surface area contributed by atoms with Gasteiger partial charge in [0.2, 0.25) is 11.0 Å². The summed E-state index contributed by atoms with van der Waals surface area (Å²) in [5.74, 6) is 0.465. The number of nitrogens with zero attached hydrogens (tertiary/aromatic N) is 3. The van der Waals surface area contributed by atoms with Gasteiger partial charge in [0.25, 0.3) is 0 Å². The van der Waals surface area contributed by atoms with Crippen molar-refractivity contribution in [1.82, 2.24) is 10.2 Å². The van der Waals surface area contributed by atoms with E-state index < -0.39 is 0 Å². The average molecular weight is 292 g/mol. The van der Waals surface area contributed by atoms with Crippen molar-refractivity contribution >= 4 is 39.8 Å².